The minimum absolute atomic E-state index is 0.0305. The van der Waals surface area contributed by atoms with Gasteiger partial charge in [-0.1, -0.05) is 17.8 Å². The van der Waals surface area contributed by atoms with Crippen LogP contribution in [0.4, 0.5) is 65.3 Å². The lowest BCUT2D eigenvalue weighted by atomic mass is 9.92. The van der Waals surface area contributed by atoms with Crippen molar-refractivity contribution in [2.75, 3.05) is 111 Å². The average Bonchev–Trinajstić information content (AvgIpc) is 1.60. The predicted molar refractivity (Wildman–Crippen MR) is 444 cm³/mol. The Hall–Kier alpha value is -14.3. The third kappa shape index (κ3) is 21.1. The fraction of sp³-hybridized carbons (Fsp3) is 0.302. The maximum Gasteiger partial charge on any atom is 0.435 e. The lowest BCUT2D eigenvalue weighted by molar-refractivity contribution is -0.143. The third-order valence-corrected chi connectivity index (χ3v) is 18.9. The smallest absolute Gasteiger partial charge is 0.435 e. The van der Waals surface area contributed by atoms with Gasteiger partial charge in [-0.05, 0) is 81.3 Å². The van der Waals surface area contributed by atoms with Gasteiger partial charge in [-0.25, -0.2) is 19.7 Å². The molecule has 634 valence electrons. The third-order valence-electron chi connectivity index (χ3n) is 18.9. The van der Waals surface area contributed by atoms with Crippen LogP contribution in [0.5, 0.6) is 46.4 Å². The minimum Gasteiger partial charge on any atom is -0.497 e. The molecule has 0 unspecified atom stereocenters. The largest absolute Gasteiger partial charge is 0.497 e. The van der Waals surface area contributed by atoms with E-state index in [2.05, 4.69) is 68.9 Å². The molecule has 1 amide bonds. The number of aliphatic hydroxyl groups excluding tert-OH is 1. The van der Waals surface area contributed by atoms with Crippen molar-refractivity contribution < 1.29 is 84.0 Å². The predicted octanol–water partition coefficient (Wildman–Crippen LogP) is 14.2. The second-order valence-corrected chi connectivity index (χ2v) is 28.4. The molecule has 1 saturated heterocycles. The van der Waals surface area contributed by atoms with Crippen molar-refractivity contribution in [3.63, 3.8) is 0 Å². The number of halogens is 6. The highest BCUT2D eigenvalue weighted by Gasteiger charge is 2.47. The van der Waals surface area contributed by atoms with E-state index in [0.29, 0.717) is 95.4 Å². The number of fused-ring (bicyclic) bond motifs is 3. The number of hydrogen-bond acceptors (Lipinski definition) is 26. The molecule has 1 fully saturated rings. The maximum absolute atomic E-state index is 13.7. The number of piperidine rings is 1. The highest BCUT2D eigenvalue weighted by Crippen LogP contribution is 2.45. The Kier molecular flexibility index (Phi) is 26.7. The monoisotopic (exact) mass is 1680 g/mol. The second-order valence-electron chi connectivity index (χ2n) is 28.4. The quantitative estimate of drug-likeness (QED) is 0.0499. The number of methoxy groups -OCH3 is 8. The van der Waals surface area contributed by atoms with Gasteiger partial charge < -0.3 is 72.4 Å². The van der Waals surface area contributed by atoms with Crippen molar-refractivity contribution in [2.24, 2.45) is 21.1 Å². The fourth-order valence-electron chi connectivity index (χ4n) is 13.0. The number of aryl methyl sites for hydroxylation is 3. The van der Waals surface area contributed by atoms with Crippen LogP contribution >= 0.6 is 0 Å². The number of benzene rings is 6. The Morgan fingerprint density at radius 1 is 0.492 bits per heavy atom. The normalized spacial score (nSPS) is 12.5. The van der Waals surface area contributed by atoms with Gasteiger partial charge in [0.1, 0.15) is 51.4 Å². The van der Waals surface area contributed by atoms with Crippen LogP contribution in [0.2, 0.25) is 0 Å². The van der Waals surface area contributed by atoms with E-state index in [1.54, 1.807) is 109 Å². The Morgan fingerprint density at radius 2 is 0.918 bits per heavy atom. The van der Waals surface area contributed by atoms with E-state index in [1.165, 1.54) is 40.6 Å². The van der Waals surface area contributed by atoms with Crippen LogP contribution < -0.4 is 52.6 Å². The molecule has 0 spiro atoms. The van der Waals surface area contributed by atoms with Crippen molar-refractivity contribution in [3.05, 3.63) is 176 Å². The standard InChI is InChI=1S/C33H38N6O5.C29H27N7O4.C24H21F6N5O3/c1-32(2,3)44-31(40)38-14-11-33(41,12-15-38)10-7-13-39(25-16-26(42-5)19-27(17-25)43-6)24-8-9-28-29(18-24)36-30(21-34-28)23-20-35-37(4)22-23;1-35-18-19(16-31-35)27-17-30-25-9-8-21(14-26(25)33-27)36(22-12-23(37-2)15-24(13-22)38-3)10-6-7-20-11-28(39-4)34-29(32-20)40-5;1-34-22(24(28,29)30)20(21(33-34)23(25,26)27)19-12-31-17-5-4-13(10-18(17)32-19)35(6-7-36)14-8-15(37-2)11-16(9-14)38-3/h8-9,16-22,41H,11-15H2,1-6H3;8-9,11-18H,10H2,1-5H3;4-5,8-12,36H,6-7H2,1-3H3. The number of likely N-dealkylation sites (tertiary alicyclic amines) is 1. The molecule has 2 N–H and O–H groups in total. The first kappa shape index (κ1) is 87.1. The summed E-state index contributed by atoms with van der Waals surface area (Å²) in [5, 5.41) is 32.5. The van der Waals surface area contributed by atoms with Gasteiger partial charge in [-0.2, -0.15) is 51.6 Å². The Bertz CT molecular complexity index is 5980. The summed E-state index contributed by atoms with van der Waals surface area (Å²) in [4.78, 5) is 55.3. The molecular formula is C86H86F6N18O12. The molecule has 0 bridgehead atoms. The van der Waals surface area contributed by atoms with Crippen LogP contribution in [0.15, 0.2) is 159 Å². The Labute approximate surface area is 697 Å². The second kappa shape index (κ2) is 37.4. The molecular weight excluding hydrogens is 1590 g/mol. The first-order chi connectivity index (χ1) is 58.3. The summed E-state index contributed by atoms with van der Waals surface area (Å²) in [6, 6.07) is 34.4. The van der Waals surface area contributed by atoms with Crippen LogP contribution in [0.3, 0.4) is 0 Å². The average molecular weight is 1680 g/mol. The van der Waals surface area contributed by atoms with Crippen LogP contribution in [-0.4, -0.2) is 198 Å². The first-order valence-corrected chi connectivity index (χ1v) is 37.6. The molecule has 1 aliphatic rings. The van der Waals surface area contributed by atoms with Gasteiger partial charge in [0.2, 0.25) is 5.88 Å². The number of alkyl halides is 6. The topological polar surface area (TPSA) is 310 Å². The summed E-state index contributed by atoms with van der Waals surface area (Å²) in [6.45, 7) is 6.62. The number of aromatic nitrogens is 14. The number of hydrogen-bond donors (Lipinski definition) is 2. The number of amides is 1. The SMILES string of the molecule is COc1cc(OC)cc(N(CC#CC2(O)CCN(C(=O)OC(C)(C)C)CC2)c2ccc3ncc(-c4cnn(C)c4)nc3c2)c1.COc1cc(OC)cc(N(CC#Cc2cc(OC)nc(OC)n2)c2ccc3ncc(-c4cnn(C)c4)nc3c2)c1.COc1cc(OC)cc(N(CCO)c2ccc3ncc(-c4c(C(F)(F)F)nn(C)c4C(F)(F)F)nc3c2)c1. The Morgan fingerprint density at radius 3 is 1.31 bits per heavy atom. The number of ether oxygens (including phenoxy) is 9. The summed E-state index contributed by atoms with van der Waals surface area (Å²) in [5.74, 6) is 16.4. The van der Waals surface area contributed by atoms with Crippen LogP contribution in [0.25, 0.3) is 66.9 Å². The molecule has 0 aliphatic carbocycles. The van der Waals surface area contributed by atoms with Crippen molar-refractivity contribution >= 4 is 73.3 Å². The number of carbonyl (C=O) groups is 1. The summed E-state index contributed by atoms with van der Waals surface area (Å²) in [5.41, 5.74) is 4.22. The van der Waals surface area contributed by atoms with Gasteiger partial charge in [-0.3, -0.25) is 29.0 Å². The van der Waals surface area contributed by atoms with Crippen LogP contribution in [0.1, 0.15) is 50.7 Å². The molecule has 1 aliphatic heterocycles. The molecule has 0 saturated carbocycles. The number of rotatable bonds is 21. The van der Waals surface area contributed by atoms with Gasteiger partial charge in [0.15, 0.2) is 11.4 Å². The molecule has 7 aromatic heterocycles. The summed E-state index contributed by atoms with van der Waals surface area (Å²) in [6.07, 6.45) is 1.63. The highest BCUT2D eigenvalue weighted by molar-refractivity contribution is 5.86. The van der Waals surface area contributed by atoms with E-state index in [4.69, 9.17) is 52.6 Å². The van der Waals surface area contributed by atoms with Crippen LogP contribution in [-0.2, 0) is 38.2 Å². The van der Waals surface area contributed by atoms with Gasteiger partial charge in [0.25, 0.3) is 0 Å². The zero-order valence-electron chi connectivity index (χ0n) is 69.0. The van der Waals surface area contributed by atoms with Crippen LogP contribution in [0, 0.1) is 23.7 Å². The molecule has 13 aromatic rings. The number of nitrogens with zero attached hydrogens (tertiary/aromatic N) is 18. The van der Waals surface area contributed by atoms with E-state index in [-0.39, 0.29) is 47.5 Å². The van der Waals surface area contributed by atoms with Gasteiger partial charge in [0, 0.05) is 172 Å². The van der Waals surface area contributed by atoms with Crippen molar-refractivity contribution in [1.82, 2.24) is 74.1 Å². The zero-order chi connectivity index (χ0) is 87.4. The van der Waals surface area contributed by atoms with Crippen molar-refractivity contribution in [2.45, 2.75) is 57.2 Å². The van der Waals surface area contributed by atoms with E-state index in [9.17, 15) is 41.4 Å². The molecule has 8 heterocycles. The van der Waals surface area contributed by atoms with E-state index in [1.807, 2.05) is 124 Å². The van der Waals surface area contributed by atoms with Gasteiger partial charge in [-0.15, -0.1) is 0 Å². The molecule has 0 atom stereocenters. The van der Waals surface area contributed by atoms with E-state index in [0.717, 1.165) is 75.1 Å². The minimum atomic E-state index is -5.17. The first-order valence-electron chi connectivity index (χ1n) is 37.6. The number of carbonyl (C=O) groups excluding carboxylic acids is 1. The highest BCUT2D eigenvalue weighted by atomic mass is 19.4. The van der Waals surface area contributed by atoms with Gasteiger partial charge >= 0.3 is 24.5 Å². The summed E-state index contributed by atoms with van der Waals surface area (Å²) >= 11 is 0. The molecule has 36 heteroatoms. The van der Waals surface area contributed by atoms with Gasteiger partial charge in [0.05, 0.1) is 163 Å². The lowest BCUT2D eigenvalue weighted by Crippen LogP contribution is -2.47. The molecule has 122 heavy (non-hydrogen) atoms. The fourth-order valence-corrected chi connectivity index (χ4v) is 13.0. The molecule has 6 aromatic carbocycles. The molecule has 0 radical (unpaired) electrons. The van der Waals surface area contributed by atoms with E-state index >= 15 is 0 Å². The van der Waals surface area contributed by atoms with Crippen molar-refractivity contribution in [1.29, 1.82) is 0 Å². The summed E-state index contributed by atoms with van der Waals surface area (Å²) < 4.78 is 134. The lowest BCUT2D eigenvalue weighted by Gasteiger charge is -2.36. The summed E-state index contributed by atoms with van der Waals surface area (Å²) in [7, 11) is 16.9. The molecule has 14 rings (SSSR count). The Balaban J connectivity index is 0.000000168. The number of anilines is 6. The van der Waals surface area contributed by atoms with Crippen molar-refractivity contribution in [3.8, 4) is 104 Å². The van der Waals surface area contributed by atoms with E-state index < -0.39 is 46.2 Å². The zero-order valence-corrected chi connectivity index (χ0v) is 69.0. The maximum atomic E-state index is 13.7. The molecule has 30 nitrogen and oxygen atoms in total. The number of aliphatic hydroxyl groups is 2.